The standard InChI is InChI=1S/C12H20N2O4S/c1-2-10(3-4-12(15)16)5-8-14-19(17,18)11-6-7-13-9-11/h6-7,9-10,13-14H,2-5,8H2,1H3,(H,15,16). The van der Waals surface area contributed by atoms with Crippen molar-refractivity contribution in [3.8, 4) is 0 Å². The van der Waals surface area contributed by atoms with Crippen molar-refractivity contribution in [2.24, 2.45) is 5.92 Å². The molecule has 0 bridgehead atoms. The third kappa shape index (κ3) is 5.44. The zero-order valence-corrected chi connectivity index (χ0v) is 11.7. The van der Waals surface area contributed by atoms with Gasteiger partial charge in [0.2, 0.25) is 10.0 Å². The van der Waals surface area contributed by atoms with Gasteiger partial charge in [-0.1, -0.05) is 13.3 Å². The van der Waals surface area contributed by atoms with E-state index in [1.54, 1.807) is 6.20 Å². The SMILES string of the molecule is CCC(CCNS(=O)(=O)c1cc[nH]c1)CCC(=O)O. The van der Waals surface area contributed by atoms with Crippen molar-refractivity contribution in [3.05, 3.63) is 18.5 Å². The Hall–Kier alpha value is -1.34. The molecule has 0 amide bonds. The second-order valence-electron chi connectivity index (χ2n) is 4.44. The summed E-state index contributed by atoms with van der Waals surface area (Å²) < 4.78 is 26.1. The molecule has 1 heterocycles. The summed E-state index contributed by atoms with van der Waals surface area (Å²) in [6.07, 6.45) is 5.17. The fourth-order valence-electron chi connectivity index (χ4n) is 1.84. The first-order chi connectivity index (χ1) is 8.95. The summed E-state index contributed by atoms with van der Waals surface area (Å²) in [5, 5.41) is 8.62. The Morgan fingerprint density at radius 3 is 2.74 bits per heavy atom. The van der Waals surface area contributed by atoms with Gasteiger partial charge in [0, 0.05) is 25.4 Å². The smallest absolute Gasteiger partial charge is 0.303 e. The van der Waals surface area contributed by atoms with Crippen LogP contribution in [0, 0.1) is 5.92 Å². The minimum absolute atomic E-state index is 0.128. The summed E-state index contributed by atoms with van der Waals surface area (Å²) in [6, 6.07) is 1.49. The molecule has 1 aromatic rings. The third-order valence-corrected chi connectivity index (χ3v) is 4.53. The molecule has 0 aliphatic heterocycles. The van der Waals surface area contributed by atoms with Gasteiger partial charge in [-0.25, -0.2) is 13.1 Å². The molecule has 1 unspecified atom stereocenters. The van der Waals surface area contributed by atoms with E-state index in [4.69, 9.17) is 5.11 Å². The first-order valence-electron chi connectivity index (χ1n) is 6.30. The molecular weight excluding hydrogens is 268 g/mol. The highest BCUT2D eigenvalue weighted by Gasteiger charge is 2.15. The molecule has 3 N–H and O–H groups in total. The number of aliphatic carboxylic acids is 1. The van der Waals surface area contributed by atoms with Crippen molar-refractivity contribution >= 4 is 16.0 Å². The Balaban J connectivity index is 2.38. The monoisotopic (exact) mass is 288 g/mol. The third-order valence-electron chi connectivity index (χ3n) is 3.07. The zero-order chi connectivity index (χ0) is 14.3. The molecule has 0 saturated carbocycles. The molecule has 0 saturated heterocycles. The van der Waals surface area contributed by atoms with Crippen LogP contribution in [0.3, 0.4) is 0 Å². The molecule has 1 aromatic heterocycles. The predicted molar refractivity (Wildman–Crippen MR) is 71.2 cm³/mol. The summed E-state index contributed by atoms with van der Waals surface area (Å²) >= 11 is 0. The maximum absolute atomic E-state index is 11.8. The summed E-state index contributed by atoms with van der Waals surface area (Å²) in [6.45, 7) is 2.30. The number of aromatic nitrogens is 1. The van der Waals surface area contributed by atoms with E-state index in [0.717, 1.165) is 6.42 Å². The van der Waals surface area contributed by atoms with Gasteiger partial charge in [-0.3, -0.25) is 4.79 Å². The lowest BCUT2D eigenvalue weighted by molar-refractivity contribution is -0.137. The Labute approximate surface area is 113 Å². The van der Waals surface area contributed by atoms with E-state index in [1.165, 1.54) is 12.3 Å². The van der Waals surface area contributed by atoms with Crippen LogP contribution in [0.25, 0.3) is 0 Å². The Bertz CT molecular complexity index is 482. The molecule has 1 atom stereocenters. The molecule has 0 spiro atoms. The topological polar surface area (TPSA) is 99.3 Å². The molecule has 0 aliphatic carbocycles. The van der Waals surface area contributed by atoms with Gasteiger partial charge in [-0.15, -0.1) is 0 Å². The number of carbonyl (C=O) groups is 1. The maximum Gasteiger partial charge on any atom is 0.303 e. The summed E-state index contributed by atoms with van der Waals surface area (Å²) in [4.78, 5) is 13.4. The van der Waals surface area contributed by atoms with E-state index in [0.29, 0.717) is 19.4 Å². The maximum atomic E-state index is 11.8. The average molecular weight is 288 g/mol. The lowest BCUT2D eigenvalue weighted by atomic mass is 9.97. The van der Waals surface area contributed by atoms with E-state index < -0.39 is 16.0 Å². The number of aromatic amines is 1. The minimum Gasteiger partial charge on any atom is -0.481 e. The van der Waals surface area contributed by atoms with Crippen LogP contribution in [0.1, 0.15) is 32.6 Å². The largest absolute Gasteiger partial charge is 0.481 e. The van der Waals surface area contributed by atoms with Crippen LogP contribution in [0.4, 0.5) is 0 Å². The van der Waals surface area contributed by atoms with Gasteiger partial charge in [0.25, 0.3) is 0 Å². The van der Waals surface area contributed by atoms with Crippen molar-refractivity contribution in [2.45, 2.75) is 37.5 Å². The zero-order valence-electron chi connectivity index (χ0n) is 10.9. The van der Waals surface area contributed by atoms with Crippen LogP contribution < -0.4 is 4.72 Å². The quantitative estimate of drug-likeness (QED) is 0.642. The number of hydrogen-bond donors (Lipinski definition) is 3. The predicted octanol–water partition coefficient (Wildman–Crippen LogP) is 1.57. The molecule has 0 fully saturated rings. The van der Waals surface area contributed by atoms with E-state index in [2.05, 4.69) is 9.71 Å². The number of carboxylic acids is 1. The van der Waals surface area contributed by atoms with Crippen molar-refractivity contribution in [1.82, 2.24) is 9.71 Å². The van der Waals surface area contributed by atoms with Crippen molar-refractivity contribution in [1.29, 1.82) is 0 Å². The van der Waals surface area contributed by atoms with Crippen LogP contribution in [0.5, 0.6) is 0 Å². The van der Waals surface area contributed by atoms with E-state index in [9.17, 15) is 13.2 Å². The lowest BCUT2D eigenvalue weighted by Gasteiger charge is -2.13. The Morgan fingerprint density at radius 2 is 2.21 bits per heavy atom. The molecule has 6 nitrogen and oxygen atoms in total. The molecule has 19 heavy (non-hydrogen) atoms. The normalized spacial score (nSPS) is 13.3. The summed E-state index contributed by atoms with van der Waals surface area (Å²) in [5.74, 6) is -0.587. The van der Waals surface area contributed by atoms with Crippen LogP contribution >= 0.6 is 0 Å². The van der Waals surface area contributed by atoms with Crippen LogP contribution in [-0.2, 0) is 14.8 Å². The van der Waals surface area contributed by atoms with Crippen molar-refractivity contribution in [3.63, 3.8) is 0 Å². The number of hydrogen-bond acceptors (Lipinski definition) is 3. The van der Waals surface area contributed by atoms with Gasteiger partial charge in [0.1, 0.15) is 0 Å². The first kappa shape index (κ1) is 15.7. The van der Waals surface area contributed by atoms with E-state index in [-0.39, 0.29) is 17.2 Å². The number of carboxylic acid groups (broad SMARTS) is 1. The molecule has 7 heteroatoms. The number of H-pyrrole nitrogens is 1. The highest BCUT2D eigenvalue weighted by molar-refractivity contribution is 7.89. The molecule has 0 aromatic carbocycles. The Morgan fingerprint density at radius 1 is 1.47 bits per heavy atom. The molecule has 0 radical (unpaired) electrons. The van der Waals surface area contributed by atoms with Crippen LogP contribution in [0.2, 0.25) is 0 Å². The van der Waals surface area contributed by atoms with Gasteiger partial charge < -0.3 is 10.1 Å². The first-order valence-corrected chi connectivity index (χ1v) is 7.78. The van der Waals surface area contributed by atoms with Crippen molar-refractivity contribution < 1.29 is 18.3 Å². The fourth-order valence-corrected chi connectivity index (χ4v) is 2.86. The molecule has 0 aliphatic rings. The van der Waals surface area contributed by atoms with E-state index >= 15 is 0 Å². The van der Waals surface area contributed by atoms with Crippen LogP contribution in [0.15, 0.2) is 23.4 Å². The van der Waals surface area contributed by atoms with Gasteiger partial charge in [-0.05, 0) is 24.8 Å². The summed E-state index contributed by atoms with van der Waals surface area (Å²) in [7, 11) is -3.45. The number of nitrogens with one attached hydrogen (secondary N) is 2. The van der Waals surface area contributed by atoms with Crippen LogP contribution in [-0.4, -0.2) is 31.0 Å². The van der Waals surface area contributed by atoms with Gasteiger partial charge in [-0.2, -0.15) is 0 Å². The second kappa shape index (κ2) is 7.30. The van der Waals surface area contributed by atoms with Gasteiger partial charge in [0.05, 0.1) is 4.90 Å². The van der Waals surface area contributed by atoms with Gasteiger partial charge in [0.15, 0.2) is 0 Å². The number of rotatable bonds is 9. The highest BCUT2D eigenvalue weighted by Crippen LogP contribution is 2.15. The summed E-state index contributed by atoms with van der Waals surface area (Å²) in [5.41, 5.74) is 0. The molecule has 108 valence electrons. The van der Waals surface area contributed by atoms with Crippen molar-refractivity contribution in [2.75, 3.05) is 6.54 Å². The van der Waals surface area contributed by atoms with E-state index in [1.807, 2.05) is 6.92 Å². The lowest BCUT2D eigenvalue weighted by Crippen LogP contribution is -2.26. The average Bonchev–Trinajstić information content (AvgIpc) is 2.87. The minimum atomic E-state index is -3.45. The van der Waals surface area contributed by atoms with Gasteiger partial charge >= 0.3 is 5.97 Å². The highest BCUT2D eigenvalue weighted by atomic mass is 32.2. The number of sulfonamides is 1. The molecule has 1 rings (SSSR count). The molecular formula is C12H20N2O4S. The fraction of sp³-hybridized carbons (Fsp3) is 0.583. The Kier molecular flexibility index (Phi) is 6.04. The second-order valence-corrected chi connectivity index (χ2v) is 6.21.